The second kappa shape index (κ2) is 11.3. The van der Waals surface area contributed by atoms with Gasteiger partial charge < -0.3 is 16.0 Å². The maximum Gasteiger partial charge on any atom is 0.252 e. The van der Waals surface area contributed by atoms with Crippen LogP contribution in [0.4, 0.5) is 0 Å². The molecular weight excluding hydrogens is 429 g/mol. The van der Waals surface area contributed by atoms with Crippen LogP contribution in [0.1, 0.15) is 49.9 Å². The summed E-state index contributed by atoms with van der Waals surface area (Å²) in [5.74, 6) is 0.721. The molecule has 1 aliphatic rings. The van der Waals surface area contributed by atoms with E-state index in [0.29, 0.717) is 24.1 Å². The molecule has 0 spiro atoms. The molecule has 0 aliphatic heterocycles. The zero-order valence-electron chi connectivity index (χ0n) is 15.2. The molecule has 6 nitrogen and oxygen atoms in total. The lowest BCUT2D eigenvalue weighted by Gasteiger charge is -2.40. The minimum atomic E-state index is -0.105. The number of nitrogens with zero attached hydrogens (tertiary/aromatic N) is 2. The second-order valence-corrected chi connectivity index (χ2v) is 6.33. The third-order valence-corrected chi connectivity index (χ3v) is 4.71. The van der Waals surface area contributed by atoms with Gasteiger partial charge in [0.05, 0.1) is 5.56 Å². The molecule has 25 heavy (non-hydrogen) atoms. The summed E-state index contributed by atoms with van der Waals surface area (Å²) in [6.07, 6.45) is 8.31. The molecule has 1 aromatic rings. The van der Waals surface area contributed by atoms with E-state index < -0.39 is 0 Å². The van der Waals surface area contributed by atoms with Gasteiger partial charge in [0.2, 0.25) is 0 Å². The molecule has 1 aromatic heterocycles. The topological polar surface area (TPSA) is 78.4 Å². The van der Waals surface area contributed by atoms with E-state index in [9.17, 15) is 4.79 Å². The number of hydrogen-bond acceptors (Lipinski definition) is 3. The molecule has 0 aromatic carbocycles. The van der Waals surface area contributed by atoms with Crippen LogP contribution in [0, 0.1) is 5.41 Å². The fourth-order valence-electron chi connectivity index (χ4n) is 2.84. The van der Waals surface area contributed by atoms with Crippen molar-refractivity contribution in [3.63, 3.8) is 0 Å². The molecule has 2 rings (SSSR count). The molecule has 1 saturated carbocycles. The molecule has 1 amide bonds. The van der Waals surface area contributed by atoms with Crippen LogP contribution < -0.4 is 16.0 Å². The molecular formula is C18H30IN5O. The summed E-state index contributed by atoms with van der Waals surface area (Å²) < 4.78 is 0. The van der Waals surface area contributed by atoms with E-state index in [1.54, 1.807) is 24.5 Å². The molecule has 7 heteroatoms. The van der Waals surface area contributed by atoms with E-state index >= 15 is 0 Å². The van der Waals surface area contributed by atoms with Crippen molar-refractivity contribution in [3.05, 3.63) is 30.1 Å². The first-order valence-electron chi connectivity index (χ1n) is 8.89. The Hall–Kier alpha value is -1.38. The Kier molecular flexibility index (Phi) is 9.77. The van der Waals surface area contributed by atoms with Crippen LogP contribution in [0.5, 0.6) is 0 Å². The fourth-order valence-corrected chi connectivity index (χ4v) is 2.84. The van der Waals surface area contributed by atoms with Crippen LogP contribution in [-0.2, 0) is 0 Å². The fraction of sp³-hybridized carbons (Fsp3) is 0.611. The van der Waals surface area contributed by atoms with Crippen molar-refractivity contribution in [2.75, 3.05) is 26.2 Å². The predicted octanol–water partition coefficient (Wildman–Crippen LogP) is 2.56. The van der Waals surface area contributed by atoms with Crippen molar-refractivity contribution >= 4 is 35.8 Å². The van der Waals surface area contributed by atoms with Crippen LogP contribution in [0.3, 0.4) is 0 Å². The monoisotopic (exact) mass is 459 g/mol. The highest BCUT2D eigenvalue weighted by Crippen LogP contribution is 2.43. The number of amides is 1. The minimum Gasteiger partial charge on any atom is -0.357 e. The quantitative estimate of drug-likeness (QED) is 0.242. The van der Waals surface area contributed by atoms with Gasteiger partial charge in [-0.2, -0.15) is 0 Å². The molecule has 0 saturated heterocycles. The minimum absolute atomic E-state index is 0. The predicted molar refractivity (Wildman–Crippen MR) is 113 cm³/mol. The van der Waals surface area contributed by atoms with Gasteiger partial charge in [-0.1, -0.05) is 13.3 Å². The number of aliphatic imine (C=N–C) groups is 1. The number of halogens is 1. The summed E-state index contributed by atoms with van der Waals surface area (Å²) >= 11 is 0. The smallest absolute Gasteiger partial charge is 0.252 e. The Balaban J connectivity index is 0.00000312. The Bertz CT molecular complexity index is 540. The van der Waals surface area contributed by atoms with Gasteiger partial charge in [0.1, 0.15) is 0 Å². The van der Waals surface area contributed by atoms with Gasteiger partial charge in [0, 0.05) is 38.6 Å². The van der Waals surface area contributed by atoms with E-state index in [1.807, 2.05) is 0 Å². The summed E-state index contributed by atoms with van der Waals surface area (Å²) in [7, 11) is 0. The average molecular weight is 459 g/mol. The van der Waals surface area contributed by atoms with E-state index in [4.69, 9.17) is 4.99 Å². The summed E-state index contributed by atoms with van der Waals surface area (Å²) in [5.41, 5.74) is 0.990. The standard InChI is InChI=1S/C18H29N5O.HI/c1-3-18(8-6-9-18)14-23-17(20-4-2)22-12-11-21-16(24)15-7-5-10-19-13-15;/h5,7,10,13H,3-4,6,8-9,11-12,14H2,1-2H3,(H,21,24)(H2,20,22,23);1H. The normalized spacial score (nSPS) is 15.5. The zero-order chi connectivity index (χ0) is 17.3. The van der Waals surface area contributed by atoms with Crippen molar-refractivity contribution in [2.24, 2.45) is 10.4 Å². The van der Waals surface area contributed by atoms with Crippen LogP contribution in [0.15, 0.2) is 29.5 Å². The maximum absolute atomic E-state index is 11.9. The molecule has 1 aliphatic carbocycles. The lowest BCUT2D eigenvalue weighted by atomic mass is 9.67. The van der Waals surface area contributed by atoms with Gasteiger partial charge >= 0.3 is 0 Å². The maximum atomic E-state index is 11.9. The molecule has 1 fully saturated rings. The van der Waals surface area contributed by atoms with Crippen LogP contribution in [0.25, 0.3) is 0 Å². The van der Waals surface area contributed by atoms with E-state index in [1.165, 1.54) is 25.7 Å². The van der Waals surface area contributed by atoms with Crippen LogP contribution in [-0.4, -0.2) is 43.0 Å². The summed E-state index contributed by atoms with van der Waals surface area (Å²) in [5, 5.41) is 9.42. The number of carbonyl (C=O) groups is 1. The molecule has 0 atom stereocenters. The summed E-state index contributed by atoms with van der Waals surface area (Å²) in [6.45, 7) is 7.19. The largest absolute Gasteiger partial charge is 0.357 e. The SMILES string of the molecule is CCNC(=NCC1(CC)CCC1)NCCNC(=O)c1cccnc1.I. The van der Waals surface area contributed by atoms with Crippen molar-refractivity contribution in [3.8, 4) is 0 Å². The third kappa shape index (κ3) is 6.80. The van der Waals surface area contributed by atoms with Gasteiger partial charge in [-0.05, 0) is 43.7 Å². The number of carbonyl (C=O) groups excluding carboxylic acids is 1. The Morgan fingerprint density at radius 2 is 2.00 bits per heavy atom. The molecule has 140 valence electrons. The van der Waals surface area contributed by atoms with Crippen molar-refractivity contribution < 1.29 is 4.79 Å². The summed E-state index contributed by atoms with van der Waals surface area (Å²) in [4.78, 5) is 20.6. The zero-order valence-corrected chi connectivity index (χ0v) is 17.5. The molecule has 0 radical (unpaired) electrons. The number of nitrogens with one attached hydrogen (secondary N) is 3. The Morgan fingerprint density at radius 3 is 2.56 bits per heavy atom. The van der Waals surface area contributed by atoms with Gasteiger partial charge in [0.25, 0.3) is 5.91 Å². The van der Waals surface area contributed by atoms with Gasteiger partial charge in [0.15, 0.2) is 5.96 Å². The van der Waals surface area contributed by atoms with E-state index in [-0.39, 0.29) is 29.9 Å². The molecule has 0 bridgehead atoms. The number of aromatic nitrogens is 1. The summed E-state index contributed by atoms with van der Waals surface area (Å²) in [6, 6.07) is 3.51. The number of pyridine rings is 1. The highest BCUT2D eigenvalue weighted by molar-refractivity contribution is 14.0. The van der Waals surface area contributed by atoms with E-state index in [2.05, 4.69) is 34.8 Å². The van der Waals surface area contributed by atoms with Gasteiger partial charge in [-0.15, -0.1) is 24.0 Å². The number of rotatable bonds is 8. The van der Waals surface area contributed by atoms with E-state index in [0.717, 1.165) is 19.0 Å². The number of guanidine groups is 1. The second-order valence-electron chi connectivity index (χ2n) is 6.33. The van der Waals surface area contributed by atoms with Crippen molar-refractivity contribution in [1.82, 2.24) is 20.9 Å². The highest BCUT2D eigenvalue weighted by atomic mass is 127. The van der Waals surface area contributed by atoms with Crippen molar-refractivity contribution in [1.29, 1.82) is 0 Å². The van der Waals surface area contributed by atoms with Crippen molar-refractivity contribution in [2.45, 2.75) is 39.5 Å². The molecule has 0 unspecified atom stereocenters. The lowest BCUT2D eigenvalue weighted by Crippen LogP contribution is -2.42. The Morgan fingerprint density at radius 1 is 1.24 bits per heavy atom. The van der Waals surface area contributed by atoms with Gasteiger partial charge in [-0.25, -0.2) is 0 Å². The van der Waals surface area contributed by atoms with Crippen LogP contribution >= 0.6 is 24.0 Å². The molecule has 1 heterocycles. The molecule has 3 N–H and O–H groups in total. The average Bonchev–Trinajstić information content (AvgIpc) is 2.58. The lowest BCUT2D eigenvalue weighted by molar-refractivity contribution is 0.0954. The highest BCUT2D eigenvalue weighted by Gasteiger charge is 2.34. The Labute approximate surface area is 167 Å². The van der Waals surface area contributed by atoms with Crippen LogP contribution in [0.2, 0.25) is 0 Å². The number of hydrogen-bond donors (Lipinski definition) is 3. The first-order chi connectivity index (χ1) is 11.7. The third-order valence-electron chi connectivity index (χ3n) is 4.71. The van der Waals surface area contributed by atoms with Gasteiger partial charge in [-0.3, -0.25) is 14.8 Å². The first-order valence-corrected chi connectivity index (χ1v) is 8.89. The first kappa shape index (κ1) is 21.7.